The smallest absolute Gasteiger partial charge is 0.0641 e. The molecular weight excluding hydrogens is 212 g/mol. The molecule has 2 N–H and O–H groups in total. The second-order valence-electron chi connectivity index (χ2n) is 6.86. The van der Waals surface area contributed by atoms with E-state index in [9.17, 15) is 10.2 Å². The monoisotopic (exact) mass is 238 g/mol. The molecule has 0 spiro atoms. The zero-order chi connectivity index (χ0) is 12.7. The Balaban J connectivity index is 2.41. The molecule has 1 fully saturated rings. The van der Waals surface area contributed by atoms with Crippen LogP contribution >= 0.6 is 0 Å². The molecule has 98 valence electrons. The molecule has 17 heavy (non-hydrogen) atoms. The third kappa shape index (κ3) is 2.17. The minimum atomic E-state index is -0.229. The number of rotatable bonds is 1. The van der Waals surface area contributed by atoms with Gasteiger partial charge in [0, 0.05) is 5.41 Å². The number of aliphatic hydroxyl groups excluding tert-OH is 2. The summed E-state index contributed by atoms with van der Waals surface area (Å²) in [6, 6.07) is 0. The lowest BCUT2D eigenvalue weighted by atomic mass is 9.54. The SMILES string of the molecule is CC1(C)CCC[C@@]2(C)[C@H](O)CCC(CO)=C[C@H]12. The van der Waals surface area contributed by atoms with E-state index in [2.05, 4.69) is 26.8 Å². The zero-order valence-corrected chi connectivity index (χ0v) is 11.4. The average molecular weight is 238 g/mol. The van der Waals surface area contributed by atoms with Crippen LogP contribution in [0.2, 0.25) is 0 Å². The molecule has 2 aliphatic rings. The van der Waals surface area contributed by atoms with Gasteiger partial charge in [0.15, 0.2) is 0 Å². The Morgan fingerprint density at radius 1 is 1.29 bits per heavy atom. The fraction of sp³-hybridized carbons (Fsp3) is 0.867. The van der Waals surface area contributed by atoms with Crippen molar-refractivity contribution in [1.29, 1.82) is 0 Å². The van der Waals surface area contributed by atoms with Gasteiger partial charge in [-0.25, -0.2) is 0 Å². The topological polar surface area (TPSA) is 40.5 Å². The van der Waals surface area contributed by atoms with Crippen LogP contribution in [0.3, 0.4) is 0 Å². The first-order valence-electron chi connectivity index (χ1n) is 6.88. The van der Waals surface area contributed by atoms with E-state index in [0.29, 0.717) is 5.92 Å². The third-order valence-electron chi connectivity index (χ3n) is 5.19. The average Bonchev–Trinajstić information content (AvgIpc) is 2.38. The van der Waals surface area contributed by atoms with Crippen molar-refractivity contribution >= 4 is 0 Å². The van der Waals surface area contributed by atoms with Gasteiger partial charge in [-0.15, -0.1) is 0 Å². The Hall–Kier alpha value is -0.340. The molecule has 0 aromatic rings. The van der Waals surface area contributed by atoms with Crippen LogP contribution < -0.4 is 0 Å². The van der Waals surface area contributed by atoms with Gasteiger partial charge in [0.25, 0.3) is 0 Å². The van der Waals surface area contributed by atoms with Gasteiger partial charge >= 0.3 is 0 Å². The lowest BCUT2D eigenvalue weighted by Crippen LogP contribution is -2.47. The Morgan fingerprint density at radius 3 is 2.65 bits per heavy atom. The molecule has 0 aromatic carbocycles. The molecule has 2 rings (SSSR count). The Kier molecular flexibility index (Phi) is 3.39. The number of hydrogen-bond acceptors (Lipinski definition) is 2. The normalized spacial score (nSPS) is 41.4. The molecular formula is C15H26O2. The van der Waals surface area contributed by atoms with E-state index in [1.807, 2.05) is 0 Å². The second-order valence-corrected chi connectivity index (χ2v) is 6.86. The van der Waals surface area contributed by atoms with Gasteiger partial charge in [-0.3, -0.25) is 0 Å². The molecule has 0 aliphatic heterocycles. The molecule has 2 heteroatoms. The van der Waals surface area contributed by atoms with Crippen LogP contribution in [0.4, 0.5) is 0 Å². The van der Waals surface area contributed by atoms with Crippen LogP contribution in [0, 0.1) is 16.7 Å². The lowest BCUT2D eigenvalue weighted by molar-refractivity contribution is -0.0643. The summed E-state index contributed by atoms with van der Waals surface area (Å²) in [5.74, 6) is 0.392. The zero-order valence-electron chi connectivity index (χ0n) is 11.4. The van der Waals surface area contributed by atoms with Crippen molar-refractivity contribution in [3.63, 3.8) is 0 Å². The summed E-state index contributed by atoms with van der Waals surface area (Å²) in [5.41, 5.74) is 1.35. The molecule has 0 aromatic heterocycles. The van der Waals surface area contributed by atoms with E-state index < -0.39 is 0 Å². The van der Waals surface area contributed by atoms with Crippen LogP contribution in [-0.4, -0.2) is 22.9 Å². The van der Waals surface area contributed by atoms with E-state index in [1.165, 1.54) is 12.8 Å². The molecule has 0 amide bonds. The van der Waals surface area contributed by atoms with E-state index in [1.54, 1.807) is 0 Å². The molecule has 0 unspecified atom stereocenters. The summed E-state index contributed by atoms with van der Waals surface area (Å²) in [7, 11) is 0. The van der Waals surface area contributed by atoms with Crippen molar-refractivity contribution in [3.05, 3.63) is 11.6 Å². The van der Waals surface area contributed by atoms with E-state index in [4.69, 9.17) is 0 Å². The summed E-state index contributed by atoms with van der Waals surface area (Å²) < 4.78 is 0. The predicted octanol–water partition coefficient (Wildman–Crippen LogP) is 2.89. The van der Waals surface area contributed by atoms with Crippen LogP contribution in [0.25, 0.3) is 0 Å². The van der Waals surface area contributed by atoms with Gasteiger partial charge in [-0.1, -0.05) is 33.3 Å². The maximum Gasteiger partial charge on any atom is 0.0641 e. The molecule has 0 bridgehead atoms. The summed E-state index contributed by atoms with van der Waals surface area (Å²) in [4.78, 5) is 0. The minimum absolute atomic E-state index is 0.00132. The van der Waals surface area contributed by atoms with Gasteiger partial charge in [0.2, 0.25) is 0 Å². The van der Waals surface area contributed by atoms with Gasteiger partial charge in [0.1, 0.15) is 0 Å². The highest BCUT2D eigenvalue weighted by atomic mass is 16.3. The Morgan fingerprint density at radius 2 is 2.00 bits per heavy atom. The van der Waals surface area contributed by atoms with Gasteiger partial charge in [-0.05, 0) is 42.6 Å². The first kappa shape index (κ1) is 13.1. The van der Waals surface area contributed by atoms with Crippen molar-refractivity contribution in [2.75, 3.05) is 6.61 Å². The molecule has 0 heterocycles. The minimum Gasteiger partial charge on any atom is -0.393 e. The predicted molar refractivity (Wildman–Crippen MR) is 69.6 cm³/mol. The summed E-state index contributed by atoms with van der Waals surface area (Å²) >= 11 is 0. The Bertz CT molecular complexity index is 319. The first-order valence-corrected chi connectivity index (χ1v) is 6.88. The van der Waals surface area contributed by atoms with Crippen LogP contribution in [-0.2, 0) is 0 Å². The molecule has 3 atom stereocenters. The number of hydrogen-bond donors (Lipinski definition) is 2. The number of aliphatic hydroxyl groups is 2. The molecule has 2 nitrogen and oxygen atoms in total. The highest BCUT2D eigenvalue weighted by molar-refractivity contribution is 5.16. The third-order valence-corrected chi connectivity index (χ3v) is 5.19. The maximum absolute atomic E-state index is 10.5. The van der Waals surface area contributed by atoms with E-state index in [-0.39, 0.29) is 23.5 Å². The van der Waals surface area contributed by atoms with Crippen molar-refractivity contribution in [2.45, 2.75) is 59.0 Å². The quantitative estimate of drug-likeness (QED) is 0.690. The molecule has 2 aliphatic carbocycles. The van der Waals surface area contributed by atoms with Crippen LogP contribution in [0.1, 0.15) is 52.9 Å². The van der Waals surface area contributed by atoms with Crippen LogP contribution in [0.5, 0.6) is 0 Å². The Labute approximate surface area is 105 Å². The van der Waals surface area contributed by atoms with Gasteiger partial charge in [0.05, 0.1) is 12.7 Å². The molecule has 0 radical (unpaired) electrons. The molecule has 1 saturated carbocycles. The highest BCUT2D eigenvalue weighted by Gasteiger charge is 2.49. The van der Waals surface area contributed by atoms with Crippen molar-refractivity contribution in [2.24, 2.45) is 16.7 Å². The van der Waals surface area contributed by atoms with Gasteiger partial charge < -0.3 is 10.2 Å². The molecule has 0 saturated heterocycles. The van der Waals surface area contributed by atoms with Gasteiger partial charge in [-0.2, -0.15) is 0 Å². The summed E-state index contributed by atoms with van der Waals surface area (Å²) in [5, 5.41) is 19.9. The fourth-order valence-corrected chi connectivity index (χ4v) is 4.02. The standard InChI is InChI=1S/C15H26O2/c1-14(2)7-4-8-15(3)12(14)9-11(10-16)5-6-13(15)17/h9,12-13,16-17H,4-8,10H2,1-3H3/t12-,13-,15-/m1/s1. The maximum atomic E-state index is 10.5. The van der Waals surface area contributed by atoms with Crippen LogP contribution in [0.15, 0.2) is 11.6 Å². The lowest BCUT2D eigenvalue weighted by Gasteiger charge is -2.51. The highest BCUT2D eigenvalue weighted by Crippen LogP contribution is 2.55. The first-order chi connectivity index (χ1) is 7.90. The van der Waals surface area contributed by atoms with E-state index in [0.717, 1.165) is 24.8 Å². The number of fused-ring (bicyclic) bond motifs is 1. The second kappa shape index (κ2) is 4.40. The summed E-state index contributed by atoms with van der Waals surface area (Å²) in [6.07, 6.45) is 7.23. The summed E-state index contributed by atoms with van der Waals surface area (Å²) in [6.45, 7) is 6.99. The fourth-order valence-electron chi connectivity index (χ4n) is 4.02. The van der Waals surface area contributed by atoms with Crippen molar-refractivity contribution in [1.82, 2.24) is 0 Å². The van der Waals surface area contributed by atoms with E-state index >= 15 is 0 Å². The van der Waals surface area contributed by atoms with Crippen molar-refractivity contribution in [3.8, 4) is 0 Å². The van der Waals surface area contributed by atoms with Crippen molar-refractivity contribution < 1.29 is 10.2 Å². The number of allylic oxidation sites excluding steroid dienone is 1. The largest absolute Gasteiger partial charge is 0.393 e.